The largest absolute Gasteiger partial charge is 0.277 e. The summed E-state index contributed by atoms with van der Waals surface area (Å²) < 4.78 is 13.0. The molecular weight excluding hydrogens is 239 g/mol. The molecule has 104 valence electrons. The first-order valence-electron chi connectivity index (χ1n) is 6.57. The predicted octanol–water partition coefficient (Wildman–Crippen LogP) is 4.42. The Morgan fingerprint density at radius 2 is 1.79 bits per heavy atom. The first-order valence-corrected chi connectivity index (χ1v) is 6.57. The molecule has 0 amide bonds. The highest BCUT2D eigenvalue weighted by atomic mass is 19.1. The van der Waals surface area contributed by atoms with E-state index in [0.29, 0.717) is 0 Å². The molecule has 0 bridgehead atoms. The van der Waals surface area contributed by atoms with Crippen LogP contribution in [0.3, 0.4) is 0 Å². The lowest BCUT2D eigenvalue weighted by Gasteiger charge is -2.26. The van der Waals surface area contributed by atoms with Crippen LogP contribution in [0.4, 0.5) is 10.1 Å². The lowest BCUT2D eigenvalue weighted by molar-refractivity contribution is 0.627. The number of rotatable bonds is 5. The van der Waals surface area contributed by atoms with Gasteiger partial charge >= 0.3 is 0 Å². The number of halogens is 1. The number of hydrogen-bond donors (Lipinski definition) is 1. The fraction of sp³-hybridized carbons (Fsp3) is 0.375. The monoisotopic (exact) mass is 262 g/mol. The molecule has 0 radical (unpaired) electrons. The standard InChI is InChI=1S/C16H23FN2/c1-6-13(4)11-16(12(2)3)19(18-5)15-9-7-14(17)8-10-15/h7-11,18H,6H2,1-5H3/b13-11-. The van der Waals surface area contributed by atoms with Gasteiger partial charge in [-0.2, -0.15) is 0 Å². The molecule has 1 aromatic rings. The van der Waals surface area contributed by atoms with Gasteiger partial charge in [0.05, 0.1) is 11.4 Å². The Labute approximate surface area is 115 Å². The molecule has 0 aliphatic carbocycles. The number of nitrogens with one attached hydrogen (secondary N) is 1. The van der Waals surface area contributed by atoms with Crippen molar-refractivity contribution in [3.63, 3.8) is 0 Å². The van der Waals surface area contributed by atoms with Gasteiger partial charge in [0.25, 0.3) is 0 Å². The van der Waals surface area contributed by atoms with E-state index in [2.05, 4.69) is 39.2 Å². The van der Waals surface area contributed by atoms with E-state index in [9.17, 15) is 4.39 Å². The van der Waals surface area contributed by atoms with Gasteiger partial charge in [-0.1, -0.05) is 18.1 Å². The molecule has 0 aromatic heterocycles. The zero-order valence-corrected chi connectivity index (χ0v) is 12.4. The topological polar surface area (TPSA) is 15.3 Å². The molecule has 0 saturated heterocycles. The van der Waals surface area contributed by atoms with Crippen molar-refractivity contribution < 1.29 is 4.39 Å². The summed E-state index contributed by atoms with van der Waals surface area (Å²) in [5.41, 5.74) is 7.67. The third kappa shape index (κ3) is 4.21. The van der Waals surface area contributed by atoms with Crippen LogP contribution in [0.2, 0.25) is 0 Å². The maximum Gasteiger partial charge on any atom is 0.123 e. The smallest absolute Gasteiger partial charge is 0.123 e. The Morgan fingerprint density at radius 3 is 2.21 bits per heavy atom. The van der Waals surface area contributed by atoms with Crippen LogP contribution < -0.4 is 10.4 Å². The SMILES string of the molecule is CC/C(C)=C\C(=C(C)C)N(NC)c1ccc(F)cc1. The molecule has 0 spiro atoms. The lowest BCUT2D eigenvalue weighted by atomic mass is 10.1. The van der Waals surface area contributed by atoms with Crippen LogP contribution >= 0.6 is 0 Å². The van der Waals surface area contributed by atoms with Crippen LogP contribution in [-0.2, 0) is 0 Å². The Bertz CT molecular complexity index is 468. The second-order valence-electron chi connectivity index (χ2n) is 4.76. The number of nitrogens with zero attached hydrogens (tertiary/aromatic N) is 1. The van der Waals surface area contributed by atoms with E-state index in [0.717, 1.165) is 17.8 Å². The number of anilines is 1. The minimum absolute atomic E-state index is 0.223. The molecule has 1 aromatic carbocycles. The highest BCUT2D eigenvalue weighted by molar-refractivity contribution is 5.54. The van der Waals surface area contributed by atoms with E-state index < -0.39 is 0 Å². The molecule has 3 heteroatoms. The van der Waals surface area contributed by atoms with Gasteiger partial charge in [-0.25, -0.2) is 9.82 Å². The first kappa shape index (κ1) is 15.4. The third-order valence-corrected chi connectivity index (χ3v) is 3.00. The van der Waals surface area contributed by atoms with Crippen LogP contribution in [0.15, 0.2) is 47.2 Å². The second-order valence-corrected chi connectivity index (χ2v) is 4.76. The molecule has 19 heavy (non-hydrogen) atoms. The van der Waals surface area contributed by atoms with Crippen LogP contribution in [0.25, 0.3) is 0 Å². The van der Waals surface area contributed by atoms with E-state index in [4.69, 9.17) is 0 Å². The van der Waals surface area contributed by atoms with Gasteiger partial charge in [0.1, 0.15) is 5.82 Å². The molecule has 0 unspecified atom stereocenters. The summed E-state index contributed by atoms with van der Waals surface area (Å²) in [6, 6.07) is 6.48. The number of hydrogen-bond acceptors (Lipinski definition) is 2. The second kappa shape index (κ2) is 7.10. The summed E-state index contributed by atoms with van der Waals surface area (Å²) >= 11 is 0. The van der Waals surface area contributed by atoms with Crippen LogP contribution in [0.1, 0.15) is 34.1 Å². The van der Waals surface area contributed by atoms with Gasteiger partial charge in [0.2, 0.25) is 0 Å². The summed E-state index contributed by atoms with van der Waals surface area (Å²) in [6.45, 7) is 8.39. The Balaban J connectivity index is 3.19. The minimum Gasteiger partial charge on any atom is -0.277 e. The van der Waals surface area contributed by atoms with Gasteiger partial charge in [-0.15, -0.1) is 0 Å². The van der Waals surface area contributed by atoms with Crippen molar-refractivity contribution in [1.82, 2.24) is 5.43 Å². The molecular formula is C16H23FN2. The maximum absolute atomic E-state index is 13.0. The molecule has 0 fully saturated rings. The normalized spacial score (nSPS) is 11.4. The number of benzene rings is 1. The summed E-state index contributed by atoms with van der Waals surface area (Å²) in [6.07, 6.45) is 3.17. The first-order chi connectivity index (χ1) is 8.99. The summed E-state index contributed by atoms with van der Waals surface area (Å²) in [5, 5.41) is 1.97. The Morgan fingerprint density at radius 1 is 1.21 bits per heavy atom. The predicted molar refractivity (Wildman–Crippen MR) is 80.4 cm³/mol. The quantitative estimate of drug-likeness (QED) is 0.624. The Hall–Kier alpha value is -1.61. The molecule has 0 atom stereocenters. The fourth-order valence-electron chi connectivity index (χ4n) is 1.75. The van der Waals surface area contributed by atoms with Crippen molar-refractivity contribution in [3.05, 3.63) is 53.0 Å². The van der Waals surface area contributed by atoms with Crippen molar-refractivity contribution in [2.75, 3.05) is 12.1 Å². The van der Waals surface area contributed by atoms with Gasteiger partial charge in [0, 0.05) is 7.05 Å². The van der Waals surface area contributed by atoms with Crippen molar-refractivity contribution in [2.45, 2.75) is 34.1 Å². The van der Waals surface area contributed by atoms with E-state index in [-0.39, 0.29) is 5.82 Å². The summed E-state index contributed by atoms with van der Waals surface area (Å²) in [5.74, 6) is -0.223. The zero-order valence-electron chi connectivity index (χ0n) is 12.4. The van der Waals surface area contributed by atoms with Crippen LogP contribution in [0.5, 0.6) is 0 Å². The van der Waals surface area contributed by atoms with E-state index in [1.54, 1.807) is 12.1 Å². The average Bonchev–Trinajstić information content (AvgIpc) is 2.39. The maximum atomic E-state index is 13.0. The minimum atomic E-state index is -0.223. The highest BCUT2D eigenvalue weighted by Gasteiger charge is 2.10. The summed E-state index contributed by atoms with van der Waals surface area (Å²) in [4.78, 5) is 0. The molecule has 2 nitrogen and oxygen atoms in total. The van der Waals surface area contributed by atoms with Crippen LogP contribution in [-0.4, -0.2) is 7.05 Å². The van der Waals surface area contributed by atoms with Crippen molar-refractivity contribution in [3.8, 4) is 0 Å². The van der Waals surface area contributed by atoms with Crippen molar-refractivity contribution in [2.24, 2.45) is 0 Å². The third-order valence-electron chi connectivity index (χ3n) is 3.00. The van der Waals surface area contributed by atoms with Gasteiger partial charge in [-0.05, 0) is 57.5 Å². The van der Waals surface area contributed by atoms with Crippen molar-refractivity contribution in [1.29, 1.82) is 0 Å². The van der Waals surface area contributed by atoms with E-state index in [1.807, 2.05) is 12.1 Å². The number of allylic oxidation sites excluding steroid dienone is 3. The number of hydrazine groups is 1. The average molecular weight is 262 g/mol. The molecule has 0 aliphatic heterocycles. The highest BCUT2D eigenvalue weighted by Crippen LogP contribution is 2.22. The molecule has 1 rings (SSSR count). The zero-order chi connectivity index (χ0) is 14.4. The lowest BCUT2D eigenvalue weighted by Crippen LogP contribution is -2.34. The molecule has 0 saturated carbocycles. The van der Waals surface area contributed by atoms with Gasteiger partial charge < -0.3 is 0 Å². The van der Waals surface area contributed by atoms with Gasteiger partial charge in [0.15, 0.2) is 0 Å². The molecule has 0 heterocycles. The van der Waals surface area contributed by atoms with Crippen LogP contribution in [0, 0.1) is 5.82 Å². The van der Waals surface area contributed by atoms with E-state index in [1.165, 1.54) is 23.3 Å². The fourth-order valence-corrected chi connectivity index (χ4v) is 1.75. The van der Waals surface area contributed by atoms with E-state index >= 15 is 0 Å². The van der Waals surface area contributed by atoms with Crippen molar-refractivity contribution >= 4 is 5.69 Å². The Kier molecular flexibility index (Phi) is 5.77. The molecule has 1 N–H and O–H groups in total. The van der Waals surface area contributed by atoms with Gasteiger partial charge in [-0.3, -0.25) is 5.01 Å². The molecule has 0 aliphatic rings. The summed E-state index contributed by atoms with van der Waals surface area (Å²) in [7, 11) is 1.86.